The van der Waals surface area contributed by atoms with Crippen LogP contribution < -0.4 is 5.32 Å². The van der Waals surface area contributed by atoms with Crippen molar-refractivity contribution in [3.05, 3.63) is 29.3 Å². The third-order valence-electron chi connectivity index (χ3n) is 4.70. The van der Waals surface area contributed by atoms with Gasteiger partial charge < -0.3 is 5.32 Å². The van der Waals surface area contributed by atoms with Crippen LogP contribution >= 0.6 is 0 Å². The highest BCUT2D eigenvalue weighted by molar-refractivity contribution is 6.21. The molecule has 0 spiro atoms. The van der Waals surface area contributed by atoms with Gasteiger partial charge in [-0.25, -0.2) is 0 Å². The maximum absolute atomic E-state index is 12.0. The number of hydrogen-bond acceptors (Lipinski definition) is 3. The van der Waals surface area contributed by atoms with Crippen LogP contribution in [0.4, 0.5) is 5.69 Å². The molecule has 4 nitrogen and oxygen atoms in total. The van der Waals surface area contributed by atoms with Gasteiger partial charge in [-0.1, -0.05) is 32.1 Å². The lowest BCUT2D eigenvalue weighted by Crippen LogP contribution is -2.24. The maximum Gasteiger partial charge on any atom is 0.261 e. The van der Waals surface area contributed by atoms with Crippen LogP contribution in [0.25, 0.3) is 0 Å². The number of rotatable bonds is 4. The molecule has 1 aromatic carbocycles. The van der Waals surface area contributed by atoms with Crippen LogP contribution in [0.3, 0.4) is 0 Å². The molecule has 2 amide bonds. The molecule has 112 valence electrons. The molecule has 1 aromatic rings. The van der Waals surface area contributed by atoms with E-state index in [9.17, 15) is 9.59 Å². The van der Waals surface area contributed by atoms with Crippen molar-refractivity contribution in [1.82, 2.24) is 4.90 Å². The molecule has 0 unspecified atom stereocenters. The number of anilines is 1. The van der Waals surface area contributed by atoms with Gasteiger partial charge in [-0.05, 0) is 30.5 Å². The number of hydrogen-bond donors (Lipinski definition) is 1. The van der Waals surface area contributed by atoms with Gasteiger partial charge in [-0.3, -0.25) is 14.5 Å². The summed E-state index contributed by atoms with van der Waals surface area (Å²) >= 11 is 0. The topological polar surface area (TPSA) is 49.4 Å². The van der Waals surface area contributed by atoms with E-state index < -0.39 is 0 Å². The predicted molar refractivity (Wildman–Crippen MR) is 82.5 cm³/mol. The normalized spacial score (nSPS) is 19.0. The molecular weight excluding hydrogens is 264 g/mol. The fraction of sp³-hybridized carbons (Fsp3) is 0.529. The zero-order valence-electron chi connectivity index (χ0n) is 12.5. The number of carbonyl (C=O) groups is 2. The van der Waals surface area contributed by atoms with E-state index in [1.165, 1.54) is 50.5 Å². The van der Waals surface area contributed by atoms with Gasteiger partial charge in [0.15, 0.2) is 0 Å². The van der Waals surface area contributed by atoms with E-state index in [0.29, 0.717) is 11.1 Å². The molecule has 2 aliphatic rings. The van der Waals surface area contributed by atoms with Gasteiger partial charge in [-0.15, -0.1) is 0 Å². The number of benzene rings is 1. The summed E-state index contributed by atoms with van der Waals surface area (Å²) in [5.74, 6) is 0.435. The van der Waals surface area contributed by atoms with E-state index in [1.54, 1.807) is 12.1 Å². The largest absolute Gasteiger partial charge is 0.385 e. The Labute approximate surface area is 125 Å². The second kappa shape index (κ2) is 5.88. The zero-order valence-corrected chi connectivity index (χ0v) is 12.5. The van der Waals surface area contributed by atoms with Crippen molar-refractivity contribution in [2.24, 2.45) is 5.92 Å². The van der Waals surface area contributed by atoms with E-state index in [4.69, 9.17) is 0 Å². The summed E-state index contributed by atoms with van der Waals surface area (Å²) in [5.41, 5.74) is 1.96. The number of fused-ring (bicyclic) bond motifs is 1. The quantitative estimate of drug-likeness (QED) is 0.864. The van der Waals surface area contributed by atoms with E-state index in [-0.39, 0.29) is 11.8 Å². The average Bonchev–Trinajstić information content (AvgIpc) is 2.73. The van der Waals surface area contributed by atoms with Crippen molar-refractivity contribution >= 4 is 17.5 Å². The van der Waals surface area contributed by atoms with Crippen LogP contribution in [0, 0.1) is 5.92 Å². The molecule has 0 saturated heterocycles. The Balaban J connectivity index is 1.60. The summed E-state index contributed by atoms with van der Waals surface area (Å²) in [4.78, 5) is 25.0. The Morgan fingerprint density at radius 1 is 1.10 bits per heavy atom. The van der Waals surface area contributed by atoms with Crippen molar-refractivity contribution < 1.29 is 9.59 Å². The molecule has 1 aliphatic carbocycles. The highest BCUT2D eigenvalue weighted by atomic mass is 16.2. The van der Waals surface area contributed by atoms with E-state index in [2.05, 4.69) is 5.32 Å². The number of amides is 2. The number of carbonyl (C=O) groups excluding carboxylic acids is 2. The predicted octanol–water partition coefficient (Wildman–Crippen LogP) is 3.29. The Morgan fingerprint density at radius 3 is 2.57 bits per heavy atom. The van der Waals surface area contributed by atoms with Crippen LogP contribution in [0.1, 0.15) is 59.2 Å². The zero-order chi connectivity index (χ0) is 14.8. The lowest BCUT2D eigenvalue weighted by Gasteiger charge is -2.21. The molecule has 0 aromatic heterocycles. The molecule has 4 heteroatoms. The first-order valence-electron chi connectivity index (χ1n) is 7.87. The summed E-state index contributed by atoms with van der Waals surface area (Å²) in [6, 6.07) is 5.45. The highest BCUT2D eigenvalue weighted by Gasteiger charge is 2.32. The molecular formula is C17H22N2O2. The van der Waals surface area contributed by atoms with Crippen LogP contribution in [0.2, 0.25) is 0 Å². The third-order valence-corrected chi connectivity index (χ3v) is 4.70. The molecule has 3 rings (SSSR count). The standard InChI is InChI=1S/C17H22N2O2/c1-19-16(20)14-8-7-13(11-15(14)17(19)21)18-10-9-12-5-3-2-4-6-12/h7-8,11-12,18H,2-6,9-10H2,1H3. The van der Waals surface area contributed by atoms with E-state index in [0.717, 1.165) is 18.2 Å². The Hall–Kier alpha value is -1.84. The Kier molecular flexibility index (Phi) is 3.95. The molecule has 1 heterocycles. The molecule has 1 saturated carbocycles. The van der Waals surface area contributed by atoms with Crippen molar-refractivity contribution in [2.45, 2.75) is 38.5 Å². The SMILES string of the molecule is CN1C(=O)c2ccc(NCCC3CCCCC3)cc2C1=O. The van der Waals surface area contributed by atoms with E-state index >= 15 is 0 Å². The van der Waals surface area contributed by atoms with Crippen LogP contribution in [0.15, 0.2) is 18.2 Å². The maximum atomic E-state index is 12.0. The average molecular weight is 286 g/mol. The first-order valence-corrected chi connectivity index (χ1v) is 7.87. The van der Waals surface area contributed by atoms with Gasteiger partial charge in [0.2, 0.25) is 0 Å². The fourth-order valence-electron chi connectivity index (χ4n) is 3.37. The second-order valence-corrected chi connectivity index (χ2v) is 6.15. The summed E-state index contributed by atoms with van der Waals surface area (Å²) in [7, 11) is 1.53. The minimum atomic E-state index is -0.205. The van der Waals surface area contributed by atoms with E-state index in [1.807, 2.05) is 6.07 Å². The molecule has 21 heavy (non-hydrogen) atoms. The van der Waals surface area contributed by atoms with Crippen LogP contribution in [-0.2, 0) is 0 Å². The summed E-state index contributed by atoms with van der Waals surface area (Å²) in [6.45, 7) is 0.932. The molecule has 1 aliphatic heterocycles. The molecule has 0 bridgehead atoms. The first kappa shape index (κ1) is 14.1. The molecule has 0 radical (unpaired) electrons. The smallest absolute Gasteiger partial charge is 0.261 e. The highest BCUT2D eigenvalue weighted by Crippen LogP contribution is 2.27. The van der Waals surface area contributed by atoms with Crippen LogP contribution in [0.5, 0.6) is 0 Å². The minimum absolute atomic E-state index is 0.203. The summed E-state index contributed by atoms with van der Waals surface area (Å²) in [6.07, 6.45) is 8.01. The molecule has 0 atom stereocenters. The Morgan fingerprint density at radius 2 is 1.81 bits per heavy atom. The van der Waals surface area contributed by atoms with Gasteiger partial charge in [0.1, 0.15) is 0 Å². The van der Waals surface area contributed by atoms with Gasteiger partial charge >= 0.3 is 0 Å². The number of nitrogens with zero attached hydrogens (tertiary/aromatic N) is 1. The third kappa shape index (κ3) is 2.80. The van der Waals surface area contributed by atoms with Gasteiger partial charge in [-0.2, -0.15) is 0 Å². The summed E-state index contributed by atoms with van der Waals surface area (Å²) < 4.78 is 0. The monoisotopic (exact) mass is 286 g/mol. The van der Waals surface area contributed by atoms with Crippen molar-refractivity contribution in [3.8, 4) is 0 Å². The minimum Gasteiger partial charge on any atom is -0.385 e. The van der Waals surface area contributed by atoms with Gasteiger partial charge in [0.05, 0.1) is 11.1 Å². The lowest BCUT2D eigenvalue weighted by molar-refractivity contribution is 0.0693. The molecule has 1 fully saturated rings. The molecule has 1 N–H and O–H groups in total. The van der Waals surface area contributed by atoms with Crippen molar-refractivity contribution in [3.63, 3.8) is 0 Å². The second-order valence-electron chi connectivity index (χ2n) is 6.15. The lowest BCUT2D eigenvalue weighted by atomic mass is 9.87. The number of imide groups is 1. The summed E-state index contributed by atoms with van der Waals surface area (Å²) in [5, 5.41) is 3.39. The van der Waals surface area contributed by atoms with Crippen LogP contribution in [-0.4, -0.2) is 30.3 Å². The van der Waals surface area contributed by atoms with Gasteiger partial charge in [0, 0.05) is 19.3 Å². The Bertz CT molecular complexity index is 562. The first-order chi connectivity index (χ1) is 10.2. The van der Waals surface area contributed by atoms with Crippen molar-refractivity contribution in [2.75, 3.05) is 18.9 Å². The van der Waals surface area contributed by atoms with Gasteiger partial charge in [0.25, 0.3) is 11.8 Å². The number of nitrogens with one attached hydrogen (secondary N) is 1. The fourth-order valence-corrected chi connectivity index (χ4v) is 3.37. The van der Waals surface area contributed by atoms with Crippen molar-refractivity contribution in [1.29, 1.82) is 0 Å².